The zero-order chi connectivity index (χ0) is 11.4. The number of likely N-dealkylation sites (tertiary alicyclic amines) is 1. The van der Waals surface area contributed by atoms with Gasteiger partial charge in [0.2, 0.25) is 0 Å². The van der Waals surface area contributed by atoms with E-state index < -0.39 is 0 Å². The molecule has 0 amide bonds. The Morgan fingerprint density at radius 1 is 1.50 bits per heavy atom. The maximum atomic E-state index is 5.83. The molecule has 90 valence electrons. The maximum Gasteiger partial charge on any atom is 0.0524 e. The summed E-state index contributed by atoms with van der Waals surface area (Å²) in [6.45, 7) is 6.03. The van der Waals surface area contributed by atoms with Crippen LogP contribution in [-0.2, 0) is 13.1 Å². The molecule has 1 saturated heterocycles. The minimum Gasteiger partial charge on any atom is -0.329 e. The summed E-state index contributed by atoms with van der Waals surface area (Å²) in [7, 11) is 0. The molecular formula is C12H22N4. The molecule has 0 aromatic carbocycles. The van der Waals surface area contributed by atoms with Gasteiger partial charge in [-0.2, -0.15) is 5.10 Å². The summed E-state index contributed by atoms with van der Waals surface area (Å²) in [5.41, 5.74) is 7.14. The van der Waals surface area contributed by atoms with Gasteiger partial charge in [-0.3, -0.25) is 9.58 Å². The second-order valence-corrected chi connectivity index (χ2v) is 4.49. The lowest BCUT2D eigenvalue weighted by molar-refractivity contribution is 0.141. The van der Waals surface area contributed by atoms with Crippen LogP contribution in [-0.4, -0.2) is 33.8 Å². The lowest BCUT2D eigenvalue weighted by Crippen LogP contribution is -2.43. The summed E-state index contributed by atoms with van der Waals surface area (Å²) in [5.74, 6) is 0. The molecule has 1 aromatic heterocycles. The fourth-order valence-corrected chi connectivity index (χ4v) is 2.52. The van der Waals surface area contributed by atoms with Gasteiger partial charge < -0.3 is 5.73 Å². The van der Waals surface area contributed by atoms with Crippen molar-refractivity contribution in [1.29, 1.82) is 0 Å². The smallest absolute Gasteiger partial charge is 0.0524 e. The number of hydrogen-bond acceptors (Lipinski definition) is 3. The van der Waals surface area contributed by atoms with Crippen LogP contribution < -0.4 is 5.73 Å². The summed E-state index contributed by atoms with van der Waals surface area (Å²) < 4.78 is 2.07. The quantitative estimate of drug-likeness (QED) is 0.833. The van der Waals surface area contributed by atoms with Crippen LogP contribution in [0.2, 0.25) is 0 Å². The van der Waals surface area contributed by atoms with Gasteiger partial charge in [-0.05, 0) is 32.4 Å². The molecule has 0 saturated carbocycles. The highest BCUT2D eigenvalue weighted by Gasteiger charge is 2.21. The van der Waals surface area contributed by atoms with E-state index in [4.69, 9.17) is 5.73 Å². The molecule has 2 N–H and O–H groups in total. The van der Waals surface area contributed by atoms with Gasteiger partial charge in [-0.15, -0.1) is 0 Å². The van der Waals surface area contributed by atoms with Crippen molar-refractivity contribution >= 4 is 0 Å². The minimum atomic E-state index is 0.564. The molecule has 1 aliphatic rings. The number of hydrogen-bond donors (Lipinski definition) is 1. The van der Waals surface area contributed by atoms with Gasteiger partial charge in [0.25, 0.3) is 0 Å². The number of nitrogens with two attached hydrogens (primary N) is 1. The van der Waals surface area contributed by atoms with E-state index in [2.05, 4.69) is 27.7 Å². The molecule has 2 rings (SSSR count). The van der Waals surface area contributed by atoms with E-state index in [1.54, 1.807) is 0 Å². The highest BCUT2D eigenvalue weighted by atomic mass is 15.3. The molecule has 4 nitrogen and oxygen atoms in total. The lowest BCUT2D eigenvalue weighted by Gasteiger charge is -2.34. The van der Waals surface area contributed by atoms with Gasteiger partial charge in [-0.25, -0.2) is 0 Å². The molecule has 0 unspecified atom stereocenters. The molecule has 0 spiro atoms. The average Bonchev–Trinajstić information content (AvgIpc) is 2.77. The van der Waals surface area contributed by atoms with Crippen molar-refractivity contribution in [3.05, 3.63) is 18.0 Å². The molecule has 1 aliphatic heterocycles. The summed E-state index contributed by atoms with van der Waals surface area (Å²) in [5, 5.41) is 4.31. The standard InChI is InChI=1S/C12H22N4/c1-2-16-12(6-7-14-16)10-15-8-4-3-5-11(15)9-13/h6-7,11H,2-5,8-10,13H2,1H3/t11-/m1/s1. The minimum absolute atomic E-state index is 0.564. The van der Waals surface area contributed by atoms with Gasteiger partial charge in [0.15, 0.2) is 0 Å². The van der Waals surface area contributed by atoms with Crippen LogP contribution in [0.5, 0.6) is 0 Å². The number of nitrogens with zero attached hydrogens (tertiary/aromatic N) is 3. The van der Waals surface area contributed by atoms with Gasteiger partial charge in [-0.1, -0.05) is 6.42 Å². The Labute approximate surface area is 97.4 Å². The summed E-state index contributed by atoms with van der Waals surface area (Å²) in [6, 6.07) is 2.68. The first-order valence-corrected chi connectivity index (χ1v) is 6.30. The number of aryl methyl sites for hydroxylation is 1. The molecule has 1 atom stereocenters. The van der Waals surface area contributed by atoms with Crippen LogP contribution in [0.4, 0.5) is 0 Å². The van der Waals surface area contributed by atoms with Crippen molar-refractivity contribution in [1.82, 2.24) is 14.7 Å². The van der Waals surface area contributed by atoms with Gasteiger partial charge in [0.1, 0.15) is 0 Å². The molecule has 2 heterocycles. The fraction of sp³-hybridized carbons (Fsp3) is 0.750. The van der Waals surface area contributed by atoms with E-state index in [0.29, 0.717) is 6.04 Å². The number of aromatic nitrogens is 2. The third-order valence-corrected chi connectivity index (χ3v) is 3.49. The molecular weight excluding hydrogens is 200 g/mol. The summed E-state index contributed by atoms with van der Waals surface area (Å²) >= 11 is 0. The van der Waals surface area contributed by atoms with Crippen molar-refractivity contribution in [2.45, 2.75) is 45.3 Å². The third kappa shape index (κ3) is 2.44. The molecule has 1 aromatic rings. The first-order valence-electron chi connectivity index (χ1n) is 6.30. The second-order valence-electron chi connectivity index (χ2n) is 4.49. The largest absolute Gasteiger partial charge is 0.329 e. The molecule has 0 bridgehead atoms. The summed E-state index contributed by atoms with van der Waals surface area (Å²) in [6.07, 6.45) is 5.76. The van der Waals surface area contributed by atoms with Crippen LogP contribution >= 0.6 is 0 Å². The Morgan fingerprint density at radius 2 is 2.38 bits per heavy atom. The Hall–Kier alpha value is -0.870. The topological polar surface area (TPSA) is 47.1 Å². The Morgan fingerprint density at radius 3 is 3.12 bits per heavy atom. The van der Waals surface area contributed by atoms with Crippen molar-refractivity contribution in [2.24, 2.45) is 5.73 Å². The predicted octanol–water partition coefficient (Wildman–Crippen LogP) is 1.22. The lowest BCUT2D eigenvalue weighted by atomic mass is 10.0. The normalized spacial score (nSPS) is 22.5. The van der Waals surface area contributed by atoms with Crippen molar-refractivity contribution < 1.29 is 0 Å². The number of piperidine rings is 1. The number of rotatable bonds is 4. The van der Waals surface area contributed by atoms with E-state index >= 15 is 0 Å². The summed E-state index contributed by atoms with van der Waals surface area (Å²) in [4.78, 5) is 2.51. The van der Waals surface area contributed by atoms with Crippen LogP contribution in [0.1, 0.15) is 31.9 Å². The maximum absolute atomic E-state index is 5.83. The molecule has 0 aliphatic carbocycles. The molecule has 1 fully saturated rings. The van der Waals surface area contributed by atoms with Crippen LogP contribution in [0.15, 0.2) is 12.3 Å². The Kier molecular flexibility index (Phi) is 3.96. The first-order chi connectivity index (χ1) is 7.85. The second kappa shape index (κ2) is 5.46. The van der Waals surface area contributed by atoms with E-state index in [9.17, 15) is 0 Å². The van der Waals surface area contributed by atoms with Gasteiger partial charge in [0, 0.05) is 31.9 Å². The van der Waals surface area contributed by atoms with E-state index in [1.165, 1.54) is 31.5 Å². The monoisotopic (exact) mass is 222 g/mol. The van der Waals surface area contributed by atoms with E-state index in [1.807, 2.05) is 6.20 Å². The van der Waals surface area contributed by atoms with Crippen LogP contribution in [0.25, 0.3) is 0 Å². The zero-order valence-electron chi connectivity index (χ0n) is 10.1. The molecule has 16 heavy (non-hydrogen) atoms. The van der Waals surface area contributed by atoms with E-state index in [-0.39, 0.29) is 0 Å². The van der Waals surface area contributed by atoms with Crippen LogP contribution in [0, 0.1) is 0 Å². The van der Waals surface area contributed by atoms with Crippen molar-refractivity contribution in [3.8, 4) is 0 Å². The zero-order valence-corrected chi connectivity index (χ0v) is 10.1. The van der Waals surface area contributed by atoms with E-state index in [0.717, 1.165) is 19.6 Å². The third-order valence-electron chi connectivity index (χ3n) is 3.49. The highest BCUT2D eigenvalue weighted by Crippen LogP contribution is 2.18. The fourth-order valence-electron chi connectivity index (χ4n) is 2.52. The molecule has 0 radical (unpaired) electrons. The van der Waals surface area contributed by atoms with Gasteiger partial charge >= 0.3 is 0 Å². The van der Waals surface area contributed by atoms with Crippen molar-refractivity contribution in [3.63, 3.8) is 0 Å². The van der Waals surface area contributed by atoms with Crippen molar-refractivity contribution in [2.75, 3.05) is 13.1 Å². The highest BCUT2D eigenvalue weighted by molar-refractivity contribution is 5.01. The Balaban J connectivity index is 2.02. The molecule has 4 heteroatoms. The van der Waals surface area contributed by atoms with Crippen LogP contribution in [0.3, 0.4) is 0 Å². The van der Waals surface area contributed by atoms with Gasteiger partial charge in [0.05, 0.1) is 5.69 Å². The average molecular weight is 222 g/mol. The Bertz CT molecular complexity index is 321. The SMILES string of the molecule is CCn1nccc1CN1CCCC[C@@H]1CN. The predicted molar refractivity (Wildman–Crippen MR) is 65.0 cm³/mol. The first kappa shape index (κ1) is 11.6.